The summed E-state index contributed by atoms with van der Waals surface area (Å²) in [6.07, 6.45) is 1.22. The number of nitrogens with two attached hydrogens (primary N) is 1. The normalized spacial score (nSPS) is 12.3. The van der Waals surface area contributed by atoms with Crippen molar-refractivity contribution in [3.63, 3.8) is 0 Å². The maximum atomic E-state index is 11.2. The number of amides is 1. The fourth-order valence-electron chi connectivity index (χ4n) is 1.75. The van der Waals surface area contributed by atoms with Gasteiger partial charge in [0.1, 0.15) is 11.7 Å². The number of carboxylic acids is 1. The highest BCUT2D eigenvalue weighted by Crippen LogP contribution is 2.25. The van der Waals surface area contributed by atoms with E-state index in [1.807, 2.05) is 0 Å². The molecule has 9 heteroatoms. The summed E-state index contributed by atoms with van der Waals surface area (Å²) < 4.78 is 1.48. The minimum absolute atomic E-state index is 0.0813. The van der Waals surface area contributed by atoms with Crippen LogP contribution in [0.1, 0.15) is 10.4 Å². The molecule has 1 amide bonds. The van der Waals surface area contributed by atoms with Crippen molar-refractivity contribution < 1.29 is 19.8 Å². The van der Waals surface area contributed by atoms with E-state index in [4.69, 9.17) is 10.8 Å². The first kappa shape index (κ1) is 13.7. The monoisotopic (exact) mass is 279 g/mol. The van der Waals surface area contributed by atoms with Crippen molar-refractivity contribution >= 4 is 28.6 Å². The zero-order valence-corrected chi connectivity index (χ0v) is 10.6. The Morgan fingerprint density at radius 2 is 2.20 bits per heavy atom. The number of hydrogen-bond donors (Lipinski definition) is 4. The van der Waals surface area contributed by atoms with E-state index >= 15 is 0 Å². The molecule has 106 valence electrons. The molecule has 0 aromatic carbocycles. The number of aromatic carboxylic acids is 1. The van der Waals surface area contributed by atoms with E-state index in [-0.39, 0.29) is 17.8 Å². The Morgan fingerprint density at radius 1 is 1.50 bits per heavy atom. The number of anilines is 1. The van der Waals surface area contributed by atoms with Gasteiger partial charge in [0.2, 0.25) is 5.91 Å². The van der Waals surface area contributed by atoms with Crippen molar-refractivity contribution in [2.75, 3.05) is 11.9 Å². The quantitative estimate of drug-likeness (QED) is 0.545. The highest BCUT2D eigenvalue weighted by molar-refractivity contribution is 6.03. The lowest BCUT2D eigenvalue weighted by atomic mass is 10.1. The third-order valence-electron chi connectivity index (χ3n) is 2.79. The predicted octanol–water partition coefficient (Wildman–Crippen LogP) is -1.08. The first-order valence-electron chi connectivity index (χ1n) is 5.67. The lowest BCUT2D eigenvalue weighted by molar-refractivity contribution is -0.125. The molecule has 20 heavy (non-hydrogen) atoms. The van der Waals surface area contributed by atoms with Gasteiger partial charge in [-0.15, -0.1) is 0 Å². The molecule has 1 unspecified atom stereocenters. The molecule has 0 bridgehead atoms. The molecule has 0 aliphatic rings. The second kappa shape index (κ2) is 5.13. The van der Waals surface area contributed by atoms with E-state index in [9.17, 15) is 14.7 Å². The molecule has 2 aromatic heterocycles. The van der Waals surface area contributed by atoms with Gasteiger partial charge in [-0.05, 0) is 0 Å². The fourth-order valence-corrected chi connectivity index (χ4v) is 1.75. The van der Waals surface area contributed by atoms with E-state index in [1.165, 1.54) is 17.1 Å². The number of nitrogens with zero attached hydrogens (tertiary/aromatic N) is 3. The van der Waals surface area contributed by atoms with Gasteiger partial charge in [-0.2, -0.15) is 5.10 Å². The standard InChI is InChI=1S/C11H13N5O4/c1-16-10-5(3-15-16)8(6(2-14-10)11(19)20)13-4-7(17)9(12)18/h2-3,7,17H,4H2,1H3,(H2,12,18)(H,13,14)(H,19,20). The number of fused-ring (bicyclic) bond motifs is 1. The van der Waals surface area contributed by atoms with Crippen molar-refractivity contribution in [2.45, 2.75) is 6.10 Å². The number of carbonyl (C=O) groups excluding carboxylic acids is 1. The molecule has 0 aliphatic heterocycles. The number of aliphatic hydroxyl groups excluding tert-OH is 1. The maximum Gasteiger partial charge on any atom is 0.339 e. The average molecular weight is 279 g/mol. The minimum atomic E-state index is -1.42. The van der Waals surface area contributed by atoms with E-state index in [2.05, 4.69) is 15.4 Å². The number of primary amides is 1. The molecular weight excluding hydrogens is 266 g/mol. The summed E-state index contributed by atoms with van der Waals surface area (Å²) in [5.41, 5.74) is 5.57. The molecule has 9 nitrogen and oxygen atoms in total. The van der Waals surface area contributed by atoms with Crippen LogP contribution < -0.4 is 11.1 Å². The van der Waals surface area contributed by atoms with Crippen LogP contribution in [0.15, 0.2) is 12.4 Å². The Hall–Kier alpha value is -2.68. The molecule has 2 heterocycles. The molecule has 0 fully saturated rings. The Labute approximate surface area is 113 Å². The number of carboxylic acid groups (broad SMARTS) is 1. The minimum Gasteiger partial charge on any atom is -0.478 e. The predicted molar refractivity (Wildman–Crippen MR) is 69.2 cm³/mol. The van der Waals surface area contributed by atoms with Crippen molar-refractivity contribution in [1.82, 2.24) is 14.8 Å². The van der Waals surface area contributed by atoms with Crippen LogP contribution >= 0.6 is 0 Å². The number of aryl methyl sites for hydroxylation is 1. The molecule has 1 atom stereocenters. The van der Waals surface area contributed by atoms with Crippen molar-refractivity contribution in [2.24, 2.45) is 12.8 Å². The van der Waals surface area contributed by atoms with E-state index in [0.717, 1.165) is 0 Å². The Bertz CT molecular complexity index is 681. The third-order valence-corrected chi connectivity index (χ3v) is 2.79. The van der Waals surface area contributed by atoms with Crippen molar-refractivity contribution in [1.29, 1.82) is 0 Å². The zero-order chi connectivity index (χ0) is 14.9. The van der Waals surface area contributed by atoms with Gasteiger partial charge in [0.05, 0.1) is 17.3 Å². The second-order valence-electron chi connectivity index (χ2n) is 4.16. The van der Waals surface area contributed by atoms with Gasteiger partial charge < -0.3 is 21.3 Å². The Balaban J connectivity index is 2.44. The lowest BCUT2D eigenvalue weighted by Gasteiger charge is -2.12. The third kappa shape index (κ3) is 2.38. The number of pyridine rings is 1. The lowest BCUT2D eigenvalue weighted by Crippen LogP contribution is -2.34. The number of carbonyl (C=O) groups is 2. The molecule has 2 rings (SSSR count). The smallest absolute Gasteiger partial charge is 0.339 e. The van der Waals surface area contributed by atoms with E-state index < -0.39 is 18.0 Å². The Kier molecular flexibility index (Phi) is 3.53. The van der Waals surface area contributed by atoms with E-state index in [1.54, 1.807) is 7.05 Å². The molecule has 0 saturated carbocycles. The number of rotatable bonds is 5. The molecule has 0 spiro atoms. The van der Waals surface area contributed by atoms with Crippen molar-refractivity contribution in [3.05, 3.63) is 18.0 Å². The molecular formula is C11H13N5O4. The molecule has 0 saturated heterocycles. The van der Waals surface area contributed by atoms with Gasteiger partial charge in [-0.25, -0.2) is 9.78 Å². The number of hydrogen-bond acceptors (Lipinski definition) is 6. The molecule has 5 N–H and O–H groups in total. The van der Waals surface area contributed by atoms with Crippen LogP contribution in [0.4, 0.5) is 5.69 Å². The average Bonchev–Trinajstić information content (AvgIpc) is 2.77. The summed E-state index contributed by atoms with van der Waals surface area (Å²) >= 11 is 0. The first-order valence-corrected chi connectivity index (χ1v) is 5.67. The van der Waals surface area contributed by atoms with Gasteiger partial charge in [0.25, 0.3) is 0 Å². The van der Waals surface area contributed by atoms with Crippen LogP contribution in [0.3, 0.4) is 0 Å². The fraction of sp³-hybridized carbons (Fsp3) is 0.273. The van der Waals surface area contributed by atoms with Crippen molar-refractivity contribution in [3.8, 4) is 0 Å². The molecule has 0 radical (unpaired) electrons. The van der Waals surface area contributed by atoms with Crippen LogP contribution in [0.25, 0.3) is 11.0 Å². The number of nitrogens with one attached hydrogen (secondary N) is 1. The van der Waals surface area contributed by atoms with Crippen LogP contribution in [0.2, 0.25) is 0 Å². The summed E-state index contributed by atoms with van der Waals surface area (Å²) in [4.78, 5) is 26.0. The maximum absolute atomic E-state index is 11.2. The second-order valence-corrected chi connectivity index (χ2v) is 4.16. The van der Waals surface area contributed by atoms with Gasteiger partial charge in [-0.1, -0.05) is 0 Å². The van der Waals surface area contributed by atoms with E-state index in [0.29, 0.717) is 11.0 Å². The summed E-state index contributed by atoms with van der Waals surface area (Å²) in [7, 11) is 1.66. The Morgan fingerprint density at radius 3 is 2.80 bits per heavy atom. The van der Waals surface area contributed by atoms with Crippen LogP contribution in [-0.2, 0) is 11.8 Å². The SMILES string of the molecule is Cn1ncc2c(NCC(O)C(N)=O)c(C(=O)O)cnc21. The summed E-state index contributed by atoms with van der Waals surface area (Å²) in [5.74, 6) is -2.08. The molecule has 2 aromatic rings. The summed E-state index contributed by atoms with van der Waals surface area (Å²) in [5, 5.41) is 25.7. The van der Waals surface area contributed by atoms with Crippen LogP contribution in [0, 0.1) is 0 Å². The topological polar surface area (TPSA) is 143 Å². The number of aliphatic hydroxyl groups is 1. The first-order chi connectivity index (χ1) is 9.41. The van der Waals surface area contributed by atoms with Gasteiger partial charge in [0, 0.05) is 19.8 Å². The summed E-state index contributed by atoms with van der Waals surface area (Å²) in [6, 6.07) is 0. The van der Waals surface area contributed by atoms with Gasteiger partial charge in [-0.3, -0.25) is 9.48 Å². The van der Waals surface area contributed by atoms with Crippen LogP contribution in [0.5, 0.6) is 0 Å². The number of aromatic nitrogens is 3. The highest BCUT2D eigenvalue weighted by atomic mass is 16.4. The summed E-state index contributed by atoms with van der Waals surface area (Å²) in [6.45, 7) is -0.205. The van der Waals surface area contributed by atoms with Gasteiger partial charge >= 0.3 is 5.97 Å². The molecule has 0 aliphatic carbocycles. The zero-order valence-electron chi connectivity index (χ0n) is 10.6. The van der Waals surface area contributed by atoms with Gasteiger partial charge in [0.15, 0.2) is 5.65 Å². The van der Waals surface area contributed by atoms with Crippen LogP contribution in [-0.4, -0.2) is 49.5 Å². The largest absolute Gasteiger partial charge is 0.478 e. The highest BCUT2D eigenvalue weighted by Gasteiger charge is 2.18.